The number of rotatable bonds is 6. The number of aromatic carboxylic acids is 1. The third-order valence-electron chi connectivity index (χ3n) is 3.27. The van der Waals surface area contributed by atoms with Crippen LogP contribution in [-0.2, 0) is 0 Å². The maximum absolute atomic E-state index is 13.3. The number of nitrogens with one attached hydrogen (secondary N) is 1. The average molecular weight is 376 g/mol. The van der Waals surface area contributed by atoms with E-state index in [-0.39, 0.29) is 11.4 Å². The number of carbonyl (C=O) groups is 1. The third-order valence-corrected chi connectivity index (χ3v) is 5.05. The topological polar surface area (TPSA) is 71.5 Å². The number of benzene rings is 2. The molecule has 0 amide bonds. The monoisotopic (exact) mass is 376 g/mol. The number of methoxy groups -OCH3 is 1. The largest absolute Gasteiger partial charge is 0.495 e. The van der Waals surface area contributed by atoms with Crippen molar-refractivity contribution in [2.75, 3.05) is 11.8 Å². The van der Waals surface area contributed by atoms with E-state index in [0.29, 0.717) is 16.5 Å². The molecule has 3 rings (SSSR count). The van der Waals surface area contributed by atoms with Crippen molar-refractivity contribution in [3.63, 3.8) is 0 Å². The van der Waals surface area contributed by atoms with Crippen molar-refractivity contribution in [2.24, 2.45) is 0 Å². The molecule has 0 aliphatic rings. The number of ether oxygens (including phenoxy) is 1. The zero-order valence-electron chi connectivity index (χ0n) is 13.0. The van der Waals surface area contributed by atoms with E-state index >= 15 is 0 Å². The van der Waals surface area contributed by atoms with Gasteiger partial charge < -0.3 is 14.6 Å². The lowest BCUT2D eigenvalue weighted by Gasteiger charge is -2.10. The van der Waals surface area contributed by atoms with Gasteiger partial charge in [0.15, 0.2) is 0 Å². The van der Waals surface area contributed by atoms with Crippen LogP contribution in [0.15, 0.2) is 52.9 Å². The zero-order chi connectivity index (χ0) is 17.8. The normalized spacial score (nSPS) is 10.5. The molecule has 1 heterocycles. The van der Waals surface area contributed by atoms with Crippen LogP contribution in [0.1, 0.15) is 10.4 Å². The van der Waals surface area contributed by atoms with E-state index in [4.69, 9.17) is 9.84 Å². The molecule has 5 nitrogen and oxygen atoms in total. The number of aromatic nitrogens is 1. The molecule has 0 atom stereocenters. The standard InChI is InChI=1S/C17H13FN2O3S2/c1-23-14-8-11(17(21)22)5-6-13(14)20-25-15-9-24-16(19-15)10-3-2-4-12(18)7-10/h2-9,20H,1H3,(H,21,22). The van der Waals surface area contributed by atoms with E-state index in [1.54, 1.807) is 18.2 Å². The van der Waals surface area contributed by atoms with Crippen LogP contribution in [0.2, 0.25) is 0 Å². The Labute approximate surface area is 151 Å². The lowest BCUT2D eigenvalue weighted by Crippen LogP contribution is -1.99. The van der Waals surface area contributed by atoms with Gasteiger partial charge in [-0.3, -0.25) is 0 Å². The summed E-state index contributed by atoms with van der Waals surface area (Å²) < 4.78 is 21.6. The molecule has 8 heteroatoms. The van der Waals surface area contributed by atoms with Crippen molar-refractivity contribution in [2.45, 2.75) is 5.03 Å². The Morgan fingerprint density at radius 1 is 1.32 bits per heavy atom. The number of thiazole rings is 1. The first-order valence-electron chi connectivity index (χ1n) is 7.12. The van der Waals surface area contributed by atoms with Crippen molar-refractivity contribution in [3.05, 3.63) is 59.2 Å². The molecule has 0 aliphatic heterocycles. The summed E-state index contributed by atoms with van der Waals surface area (Å²) in [5.41, 5.74) is 1.51. The molecule has 25 heavy (non-hydrogen) atoms. The maximum atomic E-state index is 13.3. The van der Waals surface area contributed by atoms with Gasteiger partial charge in [-0.1, -0.05) is 12.1 Å². The van der Waals surface area contributed by atoms with Gasteiger partial charge in [-0.25, -0.2) is 14.2 Å². The number of carboxylic acids is 1. The van der Waals surface area contributed by atoms with Crippen molar-refractivity contribution in [1.82, 2.24) is 4.98 Å². The van der Waals surface area contributed by atoms with E-state index in [9.17, 15) is 9.18 Å². The van der Waals surface area contributed by atoms with E-state index in [1.165, 1.54) is 54.7 Å². The molecule has 0 aliphatic carbocycles. The van der Waals surface area contributed by atoms with Gasteiger partial charge >= 0.3 is 5.97 Å². The maximum Gasteiger partial charge on any atom is 0.335 e. The highest BCUT2D eigenvalue weighted by Gasteiger charge is 2.11. The van der Waals surface area contributed by atoms with Gasteiger partial charge in [-0.05, 0) is 30.3 Å². The van der Waals surface area contributed by atoms with Crippen LogP contribution in [0.5, 0.6) is 5.75 Å². The second-order valence-electron chi connectivity index (χ2n) is 4.93. The summed E-state index contributed by atoms with van der Waals surface area (Å²) in [5.74, 6) is -0.895. The quantitative estimate of drug-likeness (QED) is 0.604. The SMILES string of the molecule is COc1cc(C(=O)O)ccc1NSc1csc(-c2cccc(F)c2)n1. The van der Waals surface area contributed by atoms with Gasteiger partial charge in [0.1, 0.15) is 21.6 Å². The molecule has 0 bridgehead atoms. The molecule has 128 valence electrons. The predicted molar refractivity (Wildman–Crippen MR) is 96.9 cm³/mol. The Hall–Kier alpha value is -2.58. The van der Waals surface area contributed by atoms with Gasteiger partial charge in [0.2, 0.25) is 0 Å². The van der Waals surface area contributed by atoms with Crippen LogP contribution < -0.4 is 9.46 Å². The Kier molecular flexibility index (Phi) is 5.20. The number of carboxylic acid groups (broad SMARTS) is 1. The molecule has 0 fully saturated rings. The first kappa shape index (κ1) is 17.2. The molecular formula is C17H13FN2O3S2. The van der Waals surface area contributed by atoms with Crippen LogP contribution >= 0.6 is 23.3 Å². The molecule has 0 radical (unpaired) electrons. The van der Waals surface area contributed by atoms with Crippen molar-refractivity contribution in [3.8, 4) is 16.3 Å². The fourth-order valence-electron chi connectivity index (χ4n) is 2.08. The summed E-state index contributed by atoms with van der Waals surface area (Å²) in [6, 6.07) is 10.9. The highest BCUT2D eigenvalue weighted by Crippen LogP contribution is 2.32. The van der Waals surface area contributed by atoms with Crippen molar-refractivity contribution in [1.29, 1.82) is 0 Å². The van der Waals surface area contributed by atoms with Crippen molar-refractivity contribution < 1.29 is 19.0 Å². The summed E-state index contributed by atoms with van der Waals surface area (Å²) in [4.78, 5) is 15.5. The van der Waals surface area contributed by atoms with Crippen LogP contribution in [-0.4, -0.2) is 23.2 Å². The smallest absolute Gasteiger partial charge is 0.335 e. The van der Waals surface area contributed by atoms with Gasteiger partial charge in [0.05, 0.1) is 18.4 Å². The predicted octanol–water partition coefficient (Wildman–Crippen LogP) is 4.78. The average Bonchev–Trinajstić information content (AvgIpc) is 3.08. The van der Waals surface area contributed by atoms with E-state index < -0.39 is 5.97 Å². The van der Waals surface area contributed by atoms with E-state index in [0.717, 1.165) is 10.6 Å². The fourth-order valence-corrected chi connectivity index (χ4v) is 3.67. The molecule has 2 N–H and O–H groups in total. The number of hydrogen-bond acceptors (Lipinski definition) is 6. The Morgan fingerprint density at radius 2 is 2.16 bits per heavy atom. The summed E-state index contributed by atoms with van der Waals surface area (Å²) >= 11 is 2.68. The van der Waals surface area contributed by atoms with Crippen LogP contribution in [0.4, 0.5) is 10.1 Å². The molecule has 0 unspecified atom stereocenters. The van der Waals surface area contributed by atoms with Crippen LogP contribution in [0, 0.1) is 5.82 Å². The third kappa shape index (κ3) is 4.09. The highest BCUT2D eigenvalue weighted by molar-refractivity contribution is 8.00. The number of nitrogens with zero attached hydrogens (tertiary/aromatic N) is 1. The fraction of sp³-hybridized carbons (Fsp3) is 0.0588. The van der Waals surface area contributed by atoms with Crippen LogP contribution in [0.3, 0.4) is 0 Å². The Balaban J connectivity index is 1.73. The number of anilines is 1. The second kappa shape index (κ2) is 7.54. The molecule has 1 aromatic heterocycles. The van der Waals surface area contributed by atoms with Crippen molar-refractivity contribution >= 4 is 34.9 Å². The minimum Gasteiger partial charge on any atom is -0.495 e. The first-order chi connectivity index (χ1) is 12.1. The zero-order valence-corrected chi connectivity index (χ0v) is 14.7. The Morgan fingerprint density at radius 3 is 2.88 bits per heavy atom. The number of halogens is 1. The molecule has 3 aromatic rings. The van der Waals surface area contributed by atoms with E-state index in [1.807, 2.05) is 5.38 Å². The minimum atomic E-state index is -1.02. The van der Waals surface area contributed by atoms with Gasteiger partial charge in [-0.2, -0.15) is 0 Å². The van der Waals surface area contributed by atoms with Crippen LogP contribution in [0.25, 0.3) is 10.6 Å². The molecule has 0 spiro atoms. The minimum absolute atomic E-state index is 0.148. The highest BCUT2D eigenvalue weighted by atomic mass is 32.2. The first-order valence-corrected chi connectivity index (χ1v) is 8.82. The number of hydrogen-bond donors (Lipinski definition) is 2. The molecule has 0 saturated heterocycles. The molecule has 2 aromatic carbocycles. The van der Waals surface area contributed by atoms with Gasteiger partial charge in [-0.15, -0.1) is 11.3 Å². The van der Waals surface area contributed by atoms with E-state index in [2.05, 4.69) is 9.71 Å². The van der Waals surface area contributed by atoms with Gasteiger partial charge in [0.25, 0.3) is 0 Å². The lowest BCUT2D eigenvalue weighted by atomic mass is 10.2. The lowest BCUT2D eigenvalue weighted by molar-refractivity contribution is 0.0696. The summed E-state index contributed by atoms with van der Waals surface area (Å²) in [6.45, 7) is 0. The summed E-state index contributed by atoms with van der Waals surface area (Å²) in [6.07, 6.45) is 0. The second-order valence-corrected chi connectivity index (χ2v) is 6.61. The molecule has 0 saturated carbocycles. The summed E-state index contributed by atoms with van der Waals surface area (Å²) in [5, 5.41) is 12.3. The van der Waals surface area contributed by atoms with Gasteiger partial charge in [0, 0.05) is 22.9 Å². The summed E-state index contributed by atoms with van der Waals surface area (Å²) in [7, 11) is 1.47. The Bertz CT molecular complexity index is 914. The molecular weight excluding hydrogens is 363 g/mol.